The number of aliphatic imine (C=N–C) groups is 4. The predicted molar refractivity (Wildman–Crippen MR) is 325 cm³/mol. The zero-order valence-electron chi connectivity index (χ0n) is 50.6. The lowest BCUT2D eigenvalue weighted by atomic mass is 9.85. The maximum Gasteiger partial charge on any atom is 0.243 e. The quantitative estimate of drug-likeness (QED) is 0.0153. The van der Waals surface area contributed by atoms with Gasteiger partial charge in [-0.25, -0.2) is 0 Å². The van der Waals surface area contributed by atoms with Gasteiger partial charge in [0.05, 0.1) is 6.10 Å². The molecule has 0 rings (SSSR count). The van der Waals surface area contributed by atoms with Crippen molar-refractivity contribution in [3.63, 3.8) is 0 Å². The highest BCUT2D eigenvalue weighted by Crippen LogP contribution is 2.21. The summed E-state index contributed by atoms with van der Waals surface area (Å²) in [6, 6.07) is -12.2. The molecular formula is C51H100N24O11. The average Bonchev–Trinajstić information content (AvgIpc) is 2.79. The van der Waals surface area contributed by atoms with Crippen LogP contribution in [0.25, 0.3) is 0 Å². The van der Waals surface area contributed by atoms with E-state index >= 15 is 0 Å². The van der Waals surface area contributed by atoms with Gasteiger partial charge < -0.3 is 116 Å². The lowest BCUT2D eigenvalue weighted by Crippen LogP contribution is -2.62. The number of rotatable bonds is 43. The molecule has 10 amide bonds. The average molecular weight is 1230 g/mol. The third-order valence-electron chi connectivity index (χ3n) is 12.8. The van der Waals surface area contributed by atoms with Crippen LogP contribution in [0.3, 0.4) is 0 Å². The molecule has 0 saturated carbocycles. The summed E-state index contributed by atoms with van der Waals surface area (Å²) >= 11 is 0. The summed E-state index contributed by atoms with van der Waals surface area (Å²) in [6.45, 7) is 9.37. The van der Waals surface area contributed by atoms with E-state index in [1.807, 2.05) is 0 Å². The second kappa shape index (κ2) is 41.6. The molecule has 0 saturated heterocycles. The highest BCUT2D eigenvalue weighted by atomic mass is 16.3. The molecule has 490 valence electrons. The molecule has 0 aliphatic carbocycles. The number of hydrogen-bond acceptors (Lipinski definition) is 17. The summed E-state index contributed by atoms with van der Waals surface area (Å²) in [5.41, 5.74) is 59.7. The summed E-state index contributed by atoms with van der Waals surface area (Å²) in [6.07, 6.45) is 0.547. The van der Waals surface area contributed by atoms with Crippen LogP contribution in [0.2, 0.25) is 0 Å². The number of unbranched alkanes of at least 4 members (excludes halogenated alkanes) is 2. The number of guanidine groups is 4. The number of hydrogen-bond donors (Lipinski definition) is 21. The van der Waals surface area contributed by atoms with Crippen molar-refractivity contribution in [1.82, 2.24) is 47.9 Å². The van der Waals surface area contributed by atoms with E-state index in [1.54, 1.807) is 20.8 Å². The van der Waals surface area contributed by atoms with Crippen molar-refractivity contribution in [2.45, 2.75) is 192 Å². The van der Waals surface area contributed by atoms with Gasteiger partial charge in [0.15, 0.2) is 23.8 Å². The van der Waals surface area contributed by atoms with E-state index in [-0.39, 0.29) is 121 Å². The Labute approximate surface area is 502 Å². The zero-order chi connectivity index (χ0) is 65.7. The Balaban J connectivity index is 7.13. The Kier molecular flexibility index (Phi) is 37.6. The molecule has 0 aromatic carbocycles. The number of carbonyl (C=O) groups excluding carboxylic acids is 10. The van der Waals surface area contributed by atoms with Crippen LogP contribution in [0.1, 0.15) is 131 Å². The van der Waals surface area contributed by atoms with Gasteiger partial charge in [0.2, 0.25) is 59.1 Å². The van der Waals surface area contributed by atoms with Crippen molar-refractivity contribution in [2.24, 2.45) is 88.5 Å². The zero-order valence-corrected chi connectivity index (χ0v) is 50.6. The van der Waals surface area contributed by atoms with Crippen molar-refractivity contribution >= 4 is 82.9 Å². The maximum absolute atomic E-state index is 14.6. The first kappa shape index (κ1) is 77.7. The molecule has 10 atom stereocenters. The fourth-order valence-electron chi connectivity index (χ4n) is 8.21. The van der Waals surface area contributed by atoms with Crippen LogP contribution in [-0.4, -0.2) is 188 Å². The van der Waals surface area contributed by atoms with Gasteiger partial charge in [0.1, 0.15) is 54.4 Å². The number of primary amides is 1. The summed E-state index contributed by atoms with van der Waals surface area (Å²) in [5.74, 6) is -9.11. The number of nitrogens with zero attached hydrogens (tertiary/aromatic N) is 4. The third-order valence-corrected chi connectivity index (χ3v) is 12.8. The first-order valence-corrected chi connectivity index (χ1v) is 28.5. The Morgan fingerprint density at radius 3 is 0.953 bits per heavy atom. The largest absolute Gasteiger partial charge is 0.391 e. The monoisotopic (exact) mass is 1220 g/mol. The Morgan fingerprint density at radius 2 is 0.663 bits per heavy atom. The van der Waals surface area contributed by atoms with Crippen LogP contribution in [0.4, 0.5) is 0 Å². The first-order chi connectivity index (χ1) is 40.2. The number of aliphatic hydroxyl groups excluding tert-OH is 1. The summed E-state index contributed by atoms with van der Waals surface area (Å²) in [7, 11) is 0. The van der Waals surface area contributed by atoms with Crippen molar-refractivity contribution in [2.75, 3.05) is 39.3 Å². The molecule has 35 nitrogen and oxygen atoms in total. The van der Waals surface area contributed by atoms with Gasteiger partial charge in [0.25, 0.3) is 0 Å². The highest BCUT2D eigenvalue weighted by Gasteiger charge is 2.38. The van der Waals surface area contributed by atoms with Crippen LogP contribution in [0.5, 0.6) is 0 Å². The number of aliphatic hydroxyl groups is 1. The Hall–Kier alpha value is -8.34. The van der Waals surface area contributed by atoms with Gasteiger partial charge in [-0.2, -0.15) is 0 Å². The molecule has 86 heavy (non-hydrogen) atoms. The summed E-state index contributed by atoms with van der Waals surface area (Å²) < 4.78 is 0. The molecule has 35 heteroatoms. The van der Waals surface area contributed by atoms with Gasteiger partial charge in [0, 0.05) is 33.1 Å². The lowest BCUT2D eigenvalue weighted by Gasteiger charge is -2.33. The predicted octanol–water partition coefficient (Wildman–Crippen LogP) is -8.23. The number of amides is 10. The van der Waals surface area contributed by atoms with Crippen molar-refractivity contribution in [1.29, 1.82) is 0 Å². The van der Waals surface area contributed by atoms with E-state index in [0.717, 1.165) is 0 Å². The Morgan fingerprint density at radius 1 is 0.384 bits per heavy atom. The molecule has 0 aromatic heterocycles. The summed E-state index contributed by atoms with van der Waals surface area (Å²) in [5, 5.41) is 33.6. The van der Waals surface area contributed by atoms with Crippen LogP contribution in [-0.2, 0) is 47.9 Å². The molecule has 32 N–H and O–H groups in total. The van der Waals surface area contributed by atoms with Gasteiger partial charge >= 0.3 is 0 Å². The fraction of sp³-hybridized carbons (Fsp3) is 0.725. The molecule has 0 heterocycles. The van der Waals surface area contributed by atoms with E-state index in [9.17, 15) is 53.1 Å². The third kappa shape index (κ3) is 33.8. The van der Waals surface area contributed by atoms with E-state index in [2.05, 4.69) is 67.8 Å². The number of nitrogens with two attached hydrogens (primary N) is 11. The molecule has 0 aliphatic heterocycles. The number of carbonyl (C=O) groups is 10. The fourth-order valence-corrected chi connectivity index (χ4v) is 8.21. The molecular weight excluding hydrogens is 1120 g/mol. The normalized spacial score (nSPS) is 14.5. The van der Waals surface area contributed by atoms with E-state index in [4.69, 9.17) is 63.1 Å². The standard InChI is InChI=1S/C51H100N24O11/c1-27(67-40(80)30(68-29(3)77)17-11-23-63-47(55)56)39(79)69-35(20-14-26-66-50(61)62)45(85)75-37(51(4,5)6)46(86)73-33(18-12-24-64-48(57)58)43(83)71-31(15-7-9-21-52)41(81)70-32(16-8-10-22-53)42(82)72-34(19-13-25-65-49(59)60)44(84)74-36(28(2)76)38(54)78/h27-28,30-37,76H,7-26,52-53H2,1-6H3,(H2,54,78)(H,67,80)(H,68,77)(H,69,79)(H,70,81)(H,71,83)(H,72,82)(H,73,86)(H,74,84)(H,75,85)(H4,55,56,63)(H4,57,58,64)(H4,59,60,65)(H4,61,62,66)/t27-,28+,30-,31-,32-,33-,34-,35-,36-,37+/m0/s1. The highest BCUT2D eigenvalue weighted by molar-refractivity contribution is 5.98. The molecule has 0 radical (unpaired) electrons. The van der Waals surface area contributed by atoms with Crippen LogP contribution >= 0.6 is 0 Å². The van der Waals surface area contributed by atoms with E-state index in [0.29, 0.717) is 32.1 Å². The van der Waals surface area contributed by atoms with Gasteiger partial charge in [-0.15, -0.1) is 0 Å². The minimum absolute atomic E-state index is 0.00193. The van der Waals surface area contributed by atoms with Gasteiger partial charge in [-0.3, -0.25) is 67.9 Å². The van der Waals surface area contributed by atoms with Crippen LogP contribution in [0.15, 0.2) is 20.0 Å². The van der Waals surface area contributed by atoms with Gasteiger partial charge in [-0.1, -0.05) is 20.8 Å². The molecule has 0 aliphatic rings. The van der Waals surface area contributed by atoms with Crippen molar-refractivity contribution in [3.05, 3.63) is 0 Å². The minimum atomic E-state index is -1.53. The van der Waals surface area contributed by atoms with Crippen LogP contribution in [0, 0.1) is 5.41 Å². The Bertz CT molecular complexity index is 2310. The summed E-state index contributed by atoms with van der Waals surface area (Å²) in [4.78, 5) is 152. The van der Waals surface area contributed by atoms with Crippen molar-refractivity contribution in [3.8, 4) is 0 Å². The molecule has 0 bridgehead atoms. The van der Waals surface area contributed by atoms with Crippen LogP contribution < -0.4 is 111 Å². The topological polar surface area (TPSA) is 635 Å². The SMILES string of the molecule is CC(=O)N[C@@H](CCCN=C(N)N)C(=O)N[C@@H](C)C(=O)N[C@@H](CCCN=C(N)N)C(=O)N[C@H](C(=O)N[C@@H](CCCN=C(N)N)C(=O)N[C@@H](CCCCN)C(=O)N[C@@H](CCCCN)C(=O)N[C@@H](CCCN=C(N)N)C(=O)N[C@H](C(N)=O)[C@@H](C)O)C(C)(C)C. The maximum atomic E-state index is 14.6. The first-order valence-electron chi connectivity index (χ1n) is 28.5. The molecule has 0 fully saturated rings. The smallest absolute Gasteiger partial charge is 0.243 e. The second-order valence-corrected chi connectivity index (χ2v) is 21.6. The van der Waals surface area contributed by atoms with E-state index in [1.165, 1.54) is 20.8 Å². The minimum Gasteiger partial charge on any atom is -0.391 e. The lowest BCUT2D eigenvalue weighted by molar-refractivity contribution is -0.137. The van der Waals surface area contributed by atoms with E-state index < -0.39 is 125 Å². The van der Waals surface area contributed by atoms with Crippen molar-refractivity contribution < 1.29 is 53.1 Å². The molecule has 0 spiro atoms. The molecule has 0 unspecified atom stereocenters. The molecule has 0 aromatic rings. The number of nitrogens with one attached hydrogen (secondary N) is 9. The van der Waals surface area contributed by atoms with Gasteiger partial charge in [-0.05, 0) is 122 Å². The second-order valence-electron chi connectivity index (χ2n) is 21.6.